The van der Waals surface area contributed by atoms with Crippen LogP contribution in [0.1, 0.15) is 39.5 Å². The number of carbonyl (C=O) groups is 1. The van der Waals surface area contributed by atoms with Crippen LogP contribution in [0.4, 0.5) is 5.13 Å². The fourth-order valence-electron chi connectivity index (χ4n) is 1.68. The van der Waals surface area contributed by atoms with Crippen LogP contribution in [0.25, 0.3) is 0 Å². The second kappa shape index (κ2) is 7.09. The van der Waals surface area contributed by atoms with E-state index in [9.17, 15) is 4.79 Å². The highest BCUT2D eigenvalue weighted by Gasteiger charge is 2.22. The molecular weight excluding hydrogens is 280 g/mol. The zero-order valence-electron chi connectivity index (χ0n) is 11.3. The van der Waals surface area contributed by atoms with E-state index in [1.807, 2.05) is 6.92 Å². The summed E-state index contributed by atoms with van der Waals surface area (Å²) in [6.45, 7) is 4.15. The first kappa shape index (κ1) is 14.6. The van der Waals surface area contributed by atoms with E-state index in [4.69, 9.17) is 0 Å². The third-order valence-corrected chi connectivity index (χ3v) is 4.76. The molecule has 1 atom stereocenters. The largest absolute Gasteiger partial charge is 0.357 e. The Bertz CT molecular complexity index is 420. The van der Waals surface area contributed by atoms with Crippen LogP contribution in [0.15, 0.2) is 4.34 Å². The van der Waals surface area contributed by atoms with Gasteiger partial charge in [0.05, 0.1) is 5.75 Å². The Kier molecular flexibility index (Phi) is 5.45. The zero-order chi connectivity index (χ0) is 13.7. The minimum Gasteiger partial charge on any atom is -0.357 e. The van der Waals surface area contributed by atoms with Gasteiger partial charge >= 0.3 is 0 Å². The fraction of sp³-hybridized carbons (Fsp3) is 0.750. The van der Waals surface area contributed by atoms with Crippen LogP contribution in [0.3, 0.4) is 0 Å². The molecule has 19 heavy (non-hydrogen) atoms. The molecule has 2 N–H and O–H groups in total. The second-order valence-corrected chi connectivity index (χ2v) is 7.04. The minimum atomic E-state index is 0.0675. The Labute approximate surface area is 122 Å². The molecule has 0 aliphatic heterocycles. The average Bonchev–Trinajstić information content (AvgIpc) is 3.04. The van der Waals surface area contributed by atoms with E-state index < -0.39 is 0 Å². The molecule has 1 aromatic heterocycles. The van der Waals surface area contributed by atoms with Crippen LogP contribution in [0.2, 0.25) is 0 Å². The van der Waals surface area contributed by atoms with Crippen molar-refractivity contribution in [1.82, 2.24) is 15.5 Å². The van der Waals surface area contributed by atoms with Gasteiger partial charge in [0.25, 0.3) is 0 Å². The van der Waals surface area contributed by atoms with Crippen molar-refractivity contribution >= 4 is 34.1 Å². The van der Waals surface area contributed by atoms with E-state index in [0.29, 0.717) is 11.8 Å². The third kappa shape index (κ3) is 5.36. The van der Waals surface area contributed by atoms with Crippen molar-refractivity contribution in [2.24, 2.45) is 0 Å². The van der Waals surface area contributed by atoms with Gasteiger partial charge in [0.2, 0.25) is 11.0 Å². The number of nitrogens with zero attached hydrogens (tertiary/aromatic N) is 2. The maximum absolute atomic E-state index is 11.7. The smallest absolute Gasteiger partial charge is 0.230 e. The number of hydrogen-bond acceptors (Lipinski definition) is 6. The summed E-state index contributed by atoms with van der Waals surface area (Å²) in [4.78, 5) is 11.7. The molecule has 1 saturated carbocycles. The van der Waals surface area contributed by atoms with Crippen molar-refractivity contribution in [1.29, 1.82) is 0 Å². The Morgan fingerprint density at radius 3 is 3.00 bits per heavy atom. The number of carbonyl (C=O) groups excluding carboxylic acids is 1. The molecule has 1 fully saturated rings. The highest BCUT2D eigenvalue weighted by Crippen LogP contribution is 2.29. The maximum atomic E-state index is 11.7. The molecule has 0 aromatic carbocycles. The van der Waals surface area contributed by atoms with Gasteiger partial charge in [-0.05, 0) is 26.2 Å². The van der Waals surface area contributed by atoms with Crippen LogP contribution < -0.4 is 10.6 Å². The molecule has 2 rings (SSSR count). The number of thioether (sulfide) groups is 1. The Morgan fingerprint density at radius 2 is 2.32 bits per heavy atom. The molecule has 1 aliphatic rings. The van der Waals surface area contributed by atoms with Crippen molar-refractivity contribution < 1.29 is 4.79 Å². The van der Waals surface area contributed by atoms with E-state index in [-0.39, 0.29) is 11.9 Å². The second-order valence-electron chi connectivity index (χ2n) is 4.84. The number of hydrogen-bond donors (Lipinski definition) is 2. The molecule has 1 aliphatic carbocycles. The summed E-state index contributed by atoms with van der Waals surface area (Å²) < 4.78 is 0.849. The summed E-state index contributed by atoms with van der Waals surface area (Å²) >= 11 is 2.97. The van der Waals surface area contributed by atoms with Gasteiger partial charge in [0, 0.05) is 12.1 Å². The van der Waals surface area contributed by atoms with Crippen LogP contribution in [-0.4, -0.2) is 33.9 Å². The van der Waals surface area contributed by atoms with Crippen molar-refractivity contribution in [2.45, 2.75) is 56.0 Å². The highest BCUT2D eigenvalue weighted by molar-refractivity contribution is 8.01. The first-order chi connectivity index (χ1) is 9.17. The van der Waals surface area contributed by atoms with Gasteiger partial charge in [-0.25, -0.2) is 0 Å². The molecule has 7 heteroatoms. The fourth-order valence-corrected chi connectivity index (χ4v) is 3.32. The molecule has 0 spiro atoms. The zero-order valence-corrected chi connectivity index (χ0v) is 12.9. The number of rotatable bonds is 8. The van der Waals surface area contributed by atoms with Gasteiger partial charge in [0.1, 0.15) is 0 Å². The molecule has 1 unspecified atom stereocenters. The summed E-state index contributed by atoms with van der Waals surface area (Å²) in [6, 6.07) is 0.837. The standard InChI is InChI=1S/C12H20N4OS2/c1-3-4-8(2)13-10(17)7-18-12-16-15-11(19-12)14-9-5-6-9/h8-9H,3-7H2,1-2H3,(H,13,17)(H,14,15). The van der Waals surface area contributed by atoms with Crippen LogP contribution in [-0.2, 0) is 4.79 Å². The van der Waals surface area contributed by atoms with Crippen LogP contribution in [0, 0.1) is 0 Å². The summed E-state index contributed by atoms with van der Waals surface area (Å²) in [5.74, 6) is 0.476. The van der Waals surface area contributed by atoms with Crippen molar-refractivity contribution in [3.63, 3.8) is 0 Å². The highest BCUT2D eigenvalue weighted by atomic mass is 32.2. The van der Waals surface area contributed by atoms with Gasteiger partial charge in [-0.15, -0.1) is 10.2 Å². The Morgan fingerprint density at radius 1 is 1.53 bits per heavy atom. The topological polar surface area (TPSA) is 66.9 Å². The molecule has 0 radical (unpaired) electrons. The molecule has 1 aromatic rings. The van der Waals surface area contributed by atoms with Gasteiger partial charge < -0.3 is 10.6 Å². The van der Waals surface area contributed by atoms with Gasteiger partial charge in [-0.1, -0.05) is 36.4 Å². The molecule has 106 valence electrons. The molecule has 1 heterocycles. The van der Waals surface area contributed by atoms with E-state index in [2.05, 4.69) is 27.8 Å². The average molecular weight is 300 g/mol. The van der Waals surface area contributed by atoms with Crippen LogP contribution >= 0.6 is 23.1 Å². The molecular formula is C12H20N4OS2. The van der Waals surface area contributed by atoms with Crippen LogP contribution in [0.5, 0.6) is 0 Å². The summed E-state index contributed by atoms with van der Waals surface area (Å²) in [6.07, 6.45) is 4.55. The van der Waals surface area contributed by atoms with E-state index in [0.717, 1.165) is 22.3 Å². The predicted octanol–water partition coefficient (Wildman–Crippen LogP) is 2.51. The van der Waals surface area contributed by atoms with Crippen molar-refractivity contribution in [2.75, 3.05) is 11.1 Å². The van der Waals surface area contributed by atoms with E-state index in [1.165, 1.54) is 35.9 Å². The first-order valence-corrected chi connectivity index (χ1v) is 8.49. The molecule has 0 bridgehead atoms. The van der Waals surface area contributed by atoms with E-state index >= 15 is 0 Å². The predicted molar refractivity (Wildman–Crippen MR) is 79.8 cm³/mol. The summed E-state index contributed by atoms with van der Waals surface area (Å²) in [5, 5.41) is 15.3. The number of anilines is 1. The molecule has 1 amide bonds. The SMILES string of the molecule is CCCC(C)NC(=O)CSc1nnc(NC2CC2)s1. The number of amides is 1. The quantitative estimate of drug-likeness (QED) is 0.722. The molecule has 5 nitrogen and oxygen atoms in total. The third-order valence-electron chi connectivity index (χ3n) is 2.77. The van der Waals surface area contributed by atoms with Gasteiger partial charge in [0.15, 0.2) is 4.34 Å². The van der Waals surface area contributed by atoms with Gasteiger partial charge in [-0.3, -0.25) is 4.79 Å². The summed E-state index contributed by atoms with van der Waals surface area (Å²) in [5.41, 5.74) is 0. The maximum Gasteiger partial charge on any atom is 0.230 e. The normalized spacial score (nSPS) is 16.1. The first-order valence-electron chi connectivity index (χ1n) is 6.69. The lowest BCUT2D eigenvalue weighted by Gasteiger charge is -2.11. The van der Waals surface area contributed by atoms with Gasteiger partial charge in [-0.2, -0.15) is 0 Å². The Balaban J connectivity index is 1.68. The Hall–Kier alpha value is -0.820. The summed E-state index contributed by atoms with van der Waals surface area (Å²) in [7, 11) is 0. The number of aromatic nitrogens is 2. The lowest BCUT2D eigenvalue weighted by molar-refractivity contribution is -0.119. The molecule has 0 saturated heterocycles. The van der Waals surface area contributed by atoms with E-state index in [1.54, 1.807) is 0 Å². The lowest BCUT2D eigenvalue weighted by Crippen LogP contribution is -2.33. The number of nitrogens with one attached hydrogen (secondary N) is 2. The van der Waals surface area contributed by atoms with Crippen molar-refractivity contribution in [3.8, 4) is 0 Å². The lowest BCUT2D eigenvalue weighted by atomic mass is 10.2. The van der Waals surface area contributed by atoms with Crippen molar-refractivity contribution in [3.05, 3.63) is 0 Å². The minimum absolute atomic E-state index is 0.0675. The monoisotopic (exact) mass is 300 g/mol.